The second kappa shape index (κ2) is 10.7. The topological polar surface area (TPSA) is 3.24 Å². The fourth-order valence-corrected chi connectivity index (χ4v) is 6.12. The van der Waals surface area contributed by atoms with E-state index in [9.17, 15) is 0 Å². The molecule has 5 heteroatoms. The minimum absolute atomic E-state index is 0. The van der Waals surface area contributed by atoms with Gasteiger partial charge in [-0.2, -0.15) is 0 Å². The molecule has 0 saturated carbocycles. The van der Waals surface area contributed by atoms with Gasteiger partial charge in [0.15, 0.2) is 0 Å². The van der Waals surface area contributed by atoms with E-state index in [0.29, 0.717) is 4.63 Å². The summed E-state index contributed by atoms with van der Waals surface area (Å²) in [5, 5.41) is 0. The van der Waals surface area contributed by atoms with E-state index in [1.807, 2.05) is 0 Å². The van der Waals surface area contributed by atoms with Crippen molar-refractivity contribution in [1.29, 1.82) is 0 Å². The SMILES string of the molecule is CN(C)C[C](C)([V+3][CH]1C=Cc2ccccc21)c1ccccc1.[Cl-].[Cl-].[Cl-]. The van der Waals surface area contributed by atoms with Crippen LogP contribution in [0, 0.1) is 0 Å². The number of rotatable bonds is 5. The van der Waals surface area contributed by atoms with E-state index < -0.39 is 0 Å². The van der Waals surface area contributed by atoms with Crippen molar-refractivity contribution in [2.24, 2.45) is 0 Å². The molecular weight excluding hydrogens is 412 g/mol. The van der Waals surface area contributed by atoms with Gasteiger partial charge in [-0.15, -0.1) is 0 Å². The summed E-state index contributed by atoms with van der Waals surface area (Å²) in [6, 6.07) is 19.9. The molecule has 0 amide bonds. The van der Waals surface area contributed by atoms with Crippen molar-refractivity contribution in [1.82, 2.24) is 4.90 Å². The standard InChI is InChI=1S/C11H16N.C9H7.3ClH.V/c1-10(9-12(2)3)11-7-5-4-6-8-11;1-2-5-9-7-3-6-8(9)4-1;;;;/h4-8H,9H2,1-3H3;1-7H;3*1H;/q;;;;;+3/p-3. The molecule has 0 bridgehead atoms. The van der Waals surface area contributed by atoms with Crippen molar-refractivity contribution in [2.75, 3.05) is 20.6 Å². The second-order valence-electron chi connectivity index (χ2n) is 6.44. The number of nitrogens with zero attached hydrogens (tertiary/aromatic N) is 1. The average molecular weight is 435 g/mol. The van der Waals surface area contributed by atoms with Gasteiger partial charge in [0.25, 0.3) is 0 Å². The first-order valence-electron chi connectivity index (χ1n) is 7.78. The molecule has 1 aliphatic rings. The summed E-state index contributed by atoms with van der Waals surface area (Å²) in [6.45, 7) is 3.54. The molecule has 0 spiro atoms. The van der Waals surface area contributed by atoms with Crippen LogP contribution < -0.4 is 37.2 Å². The fraction of sp³-hybridized carbons (Fsp3) is 0.300. The molecule has 0 N–H and O–H groups in total. The average Bonchev–Trinajstić information content (AvgIpc) is 2.90. The molecule has 3 rings (SSSR count). The normalized spacial score (nSPS) is 16.6. The van der Waals surface area contributed by atoms with Gasteiger partial charge in [0, 0.05) is 0 Å². The Balaban J connectivity index is 0.00000192. The Morgan fingerprint density at radius 2 is 1.52 bits per heavy atom. The largest absolute Gasteiger partial charge is 1.00 e. The summed E-state index contributed by atoms with van der Waals surface area (Å²) in [5.41, 5.74) is 4.40. The number of hydrogen-bond donors (Lipinski definition) is 0. The van der Waals surface area contributed by atoms with Gasteiger partial charge in [0.2, 0.25) is 0 Å². The maximum Gasteiger partial charge on any atom is -1.00 e. The van der Waals surface area contributed by atoms with Crippen LogP contribution in [0.25, 0.3) is 6.08 Å². The van der Waals surface area contributed by atoms with Crippen LogP contribution >= 0.6 is 0 Å². The third kappa shape index (κ3) is 5.79. The van der Waals surface area contributed by atoms with Crippen LogP contribution in [0.1, 0.15) is 28.2 Å². The molecule has 0 heterocycles. The molecule has 1 aliphatic carbocycles. The first-order valence-corrected chi connectivity index (χ1v) is 9.28. The Labute approximate surface area is 177 Å². The van der Waals surface area contributed by atoms with Crippen molar-refractivity contribution in [3.63, 3.8) is 0 Å². The van der Waals surface area contributed by atoms with Crippen LogP contribution in [0.2, 0.25) is 0 Å². The van der Waals surface area contributed by atoms with Crippen molar-refractivity contribution >= 4 is 6.08 Å². The molecule has 2 aromatic carbocycles. The number of halogens is 3. The van der Waals surface area contributed by atoms with Gasteiger partial charge >= 0.3 is 141 Å². The van der Waals surface area contributed by atoms with Crippen molar-refractivity contribution < 1.29 is 53.5 Å². The molecule has 2 aromatic rings. The molecule has 0 radical (unpaired) electrons. The predicted molar refractivity (Wildman–Crippen MR) is 90.6 cm³/mol. The summed E-state index contributed by atoms with van der Waals surface area (Å²) in [4.78, 5) is 2.33. The first-order chi connectivity index (χ1) is 10.6. The fourth-order valence-electron chi connectivity index (χ4n) is 3.27. The van der Waals surface area contributed by atoms with E-state index in [0.717, 1.165) is 6.54 Å². The quantitative estimate of drug-likeness (QED) is 0.457. The molecule has 0 aliphatic heterocycles. The number of allylic oxidation sites excluding steroid dienone is 1. The van der Waals surface area contributed by atoms with Crippen molar-refractivity contribution in [2.45, 2.75) is 15.7 Å². The molecular formula is C20H23Cl3NV. The van der Waals surface area contributed by atoms with Crippen molar-refractivity contribution in [3.8, 4) is 0 Å². The van der Waals surface area contributed by atoms with Gasteiger partial charge in [-0.05, 0) is 0 Å². The molecule has 0 fully saturated rings. The summed E-state index contributed by atoms with van der Waals surface area (Å²) < 4.78 is 0.853. The van der Waals surface area contributed by atoms with Crippen LogP contribution in [0.4, 0.5) is 0 Å². The molecule has 25 heavy (non-hydrogen) atoms. The van der Waals surface area contributed by atoms with E-state index in [2.05, 4.69) is 92.7 Å². The Morgan fingerprint density at radius 1 is 0.920 bits per heavy atom. The van der Waals surface area contributed by atoms with Gasteiger partial charge in [-0.1, -0.05) is 0 Å². The Morgan fingerprint density at radius 3 is 2.16 bits per heavy atom. The first kappa shape index (κ1) is 24.6. The molecule has 2 atom stereocenters. The second-order valence-corrected chi connectivity index (χ2v) is 9.25. The van der Waals surface area contributed by atoms with Crippen molar-refractivity contribution in [3.05, 3.63) is 77.4 Å². The summed E-state index contributed by atoms with van der Waals surface area (Å²) in [6.07, 6.45) is 4.72. The van der Waals surface area contributed by atoms with E-state index in [4.69, 9.17) is 0 Å². The van der Waals surface area contributed by atoms with E-state index in [1.54, 1.807) is 0 Å². The predicted octanol–water partition coefficient (Wildman–Crippen LogP) is -4.67. The zero-order valence-electron chi connectivity index (χ0n) is 14.7. The minimum Gasteiger partial charge on any atom is -1.00 e. The summed E-state index contributed by atoms with van der Waals surface area (Å²) in [5.74, 6) is 0. The zero-order valence-corrected chi connectivity index (χ0v) is 18.3. The van der Waals surface area contributed by atoms with E-state index in [1.165, 1.54) is 16.7 Å². The molecule has 1 nitrogen and oxygen atoms in total. The van der Waals surface area contributed by atoms with Gasteiger partial charge in [0.05, 0.1) is 0 Å². The third-order valence-corrected chi connectivity index (χ3v) is 6.87. The van der Waals surface area contributed by atoms with Crippen LogP contribution in [-0.2, 0) is 20.4 Å². The van der Waals surface area contributed by atoms with E-state index >= 15 is 0 Å². The monoisotopic (exact) mass is 433 g/mol. The van der Waals surface area contributed by atoms with Crippen LogP contribution in [0.3, 0.4) is 0 Å². The van der Waals surface area contributed by atoms with Gasteiger partial charge in [-0.25, -0.2) is 0 Å². The molecule has 0 saturated heterocycles. The molecule has 2 unspecified atom stereocenters. The van der Waals surface area contributed by atoms with E-state index in [-0.39, 0.29) is 57.6 Å². The third-order valence-electron chi connectivity index (χ3n) is 4.22. The zero-order chi connectivity index (χ0) is 15.6. The molecule has 0 aromatic heterocycles. The summed E-state index contributed by atoms with van der Waals surface area (Å²) in [7, 11) is 4.36. The maximum absolute atomic E-state index is 2.44. The van der Waals surface area contributed by atoms with Crippen LogP contribution in [0.15, 0.2) is 60.7 Å². The number of likely N-dealkylation sites (N-methyl/N-ethyl adjacent to an activating group) is 1. The Hall–Kier alpha value is -0.406. The summed E-state index contributed by atoms with van der Waals surface area (Å²) >= 11 is 0.119. The molecule has 134 valence electrons. The Bertz CT molecular complexity index is 676. The Kier molecular flexibility index (Phi) is 10.5. The number of hydrogen-bond acceptors (Lipinski definition) is 1. The van der Waals surface area contributed by atoms with Gasteiger partial charge in [-0.3, -0.25) is 0 Å². The van der Waals surface area contributed by atoms with Gasteiger partial charge < -0.3 is 37.2 Å². The minimum atomic E-state index is 0. The number of benzene rings is 2. The van der Waals surface area contributed by atoms with Crippen LogP contribution in [-0.4, -0.2) is 25.5 Å². The van der Waals surface area contributed by atoms with Gasteiger partial charge in [0.1, 0.15) is 0 Å². The number of fused-ring (bicyclic) bond motifs is 1. The smallest absolute Gasteiger partial charge is 1.00 e. The maximum atomic E-state index is 2.44. The van der Waals surface area contributed by atoms with Crippen LogP contribution in [0.5, 0.6) is 0 Å².